The average molecular weight is 109 g/mol. The molecule has 0 rings (SSSR count). The van der Waals surface area contributed by atoms with Crippen molar-refractivity contribution in [1.82, 2.24) is 0 Å². The van der Waals surface area contributed by atoms with Gasteiger partial charge in [0.2, 0.25) is 0 Å². The number of allylic oxidation sites excluding steroid dienone is 3. The second kappa shape index (κ2) is 6.15. The minimum absolute atomic E-state index is 1.07. The molecule has 0 radical (unpaired) electrons. The lowest BCUT2D eigenvalue weighted by Gasteiger charge is -1.71. The lowest BCUT2D eigenvalue weighted by Crippen LogP contribution is -1.50. The van der Waals surface area contributed by atoms with Gasteiger partial charge in [-0.1, -0.05) is 19.1 Å². The minimum atomic E-state index is 1.07. The van der Waals surface area contributed by atoms with Crippen molar-refractivity contribution in [2.45, 2.75) is 13.3 Å². The molecule has 0 atom stereocenters. The van der Waals surface area contributed by atoms with E-state index in [9.17, 15) is 0 Å². The van der Waals surface area contributed by atoms with Crippen molar-refractivity contribution in [3.05, 3.63) is 24.4 Å². The summed E-state index contributed by atoms with van der Waals surface area (Å²) in [4.78, 5) is 3.53. The molecule has 0 N–H and O–H groups in total. The van der Waals surface area contributed by atoms with E-state index in [1.54, 1.807) is 6.20 Å². The van der Waals surface area contributed by atoms with E-state index in [0.717, 1.165) is 6.42 Å². The molecule has 0 aliphatic rings. The van der Waals surface area contributed by atoms with Crippen LogP contribution in [0.2, 0.25) is 0 Å². The lowest BCUT2D eigenvalue weighted by molar-refractivity contribution is 1.22. The zero-order chi connectivity index (χ0) is 6.24. The highest BCUT2D eigenvalue weighted by Crippen LogP contribution is 1.80. The molecule has 0 amide bonds. The lowest BCUT2D eigenvalue weighted by atomic mass is 10.4. The number of hydrogen-bond donors (Lipinski definition) is 0. The predicted molar refractivity (Wildman–Crippen MR) is 38.1 cm³/mol. The predicted octanol–water partition coefficient (Wildman–Crippen LogP) is 2.17. The van der Waals surface area contributed by atoms with Crippen molar-refractivity contribution in [2.75, 3.05) is 0 Å². The second-order valence-corrected chi connectivity index (χ2v) is 1.36. The standard InChI is InChI=1S/C7H11N/c1-3-4-5-6-7-8-2/h4-7H,2-3H2,1H3/b5-4+,7-6-. The molecule has 1 nitrogen and oxygen atoms in total. The molecule has 0 aromatic rings. The summed E-state index contributed by atoms with van der Waals surface area (Å²) in [6, 6.07) is 0. The fourth-order valence-electron chi connectivity index (χ4n) is 0.325. The van der Waals surface area contributed by atoms with E-state index in [1.165, 1.54) is 0 Å². The van der Waals surface area contributed by atoms with E-state index in [-0.39, 0.29) is 0 Å². The minimum Gasteiger partial charge on any atom is -0.273 e. The smallest absolute Gasteiger partial charge is 0.0260 e. The summed E-state index contributed by atoms with van der Waals surface area (Å²) in [6.07, 6.45) is 8.60. The number of aliphatic imine (C=N–C) groups is 1. The third kappa shape index (κ3) is 5.15. The van der Waals surface area contributed by atoms with Gasteiger partial charge in [0.1, 0.15) is 0 Å². The Balaban J connectivity index is 3.26. The molecule has 0 spiro atoms. The molecular formula is C7H11N. The topological polar surface area (TPSA) is 12.4 Å². The SMILES string of the molecule is C=N/C=C\C=C\CC. The van der Waals surface area contributed by atoms with Gasteiger partial charge in [0.05, 0.1) is 0 Å². The molecule has 0 bridgehead atoms. The number of rotatable bonds is 3. The van der Waals surface area contributed by atoms with Crippen LogP contribution >= 0.6 is 0 Å². The van der Waals surface area contributed by atoms with Crippen LogP contribution in [0.3, 0.4) is 0 Å². The first kappa shape index (κ1) is 7.15. The molecule has 0 saturated heterocycles. The third-order valence-corrected chi connectivity index (χ3v) is 0.674. The fourth-order valence-corrected chi connectivity index (χ4v) is 0.325. The van der Waals surface area contributed by atoms with Crippen LogP contribution in [0.25, 0.3) is 0 Å². The van der Waals surface area contributed by atoms with Gasteiger partial charge in [-0.3, -0.25) is 4.99 Å². The summed E-state index contributed by atoms with van der Waals surface area (Å²) in [5.74, 6) is 0. The second-order valence-electron chi connectivity index (χ2n) is 1.36. The molecule has 1 heteroatoms. The Morgan fingerprint density at radius 1 is 1.50 bits per heavy atom. The van der Waals surface area contributed by atoms with Crippen LogP contribution in [-0.2, 0) is 0 Å². The van der Waals surface area contributed by atoms with E-state index < -0.39 is 0 Å². The Labute approximate surface area is 50.4 Å². The van der Waals surface area contributed by atoms with Crippen LogP contribution < -0.4 is 0 Å². The van der Waals surface area contributed by atoms with Crippen molar-refractivity contribution in [3.8, 4) is 0 Å². The first-order valence-electron chi connectivity index (χ1n) is 2.69. The first-order valence-corrected chi connectivity index (χ1v) is 2.69. The Bertz CT molecular complexity index is 101. The van der Waals surface area contributed by atoms with Gasteiger partial charge in [-0.25, -0.2) is 0 Å². The highest BCUT2D eigenvalue weighted by molar-refractivity contribution is 5.26. The maximum atomic E-state index is 3.53. The molecule has 0 saturated carbocycles. The first-order chi connectivity index (χ1) is 3.91. The van der Waals surface area contributed by atoms with E-state index >= 15 is 0 Å². The van der Waals surface area contributed by atoms with Crippen molar-refractivity contribution in [2.24, 2.45) is 4.99 Å². The van der Waals surface area contributed by atoms with Gasteiger partial charge in [-0.05, 0) is 19.2 Å². The molecule has 0 aliphatic carbocycles. The fraction of sp³-hybridized carbons (Fsp3) is 0.286. The van der Waals surface area contributed by atoms with Gasteiger partial charge in [0.15, 0.2) is 0 Å². The monoisotopic (exact) mass is 109 g/mol. The Kier molecular flexibility index (Phi) is 5.50. The van der Waals surface area contributed by atoms with E-state index in [0.29, 0.717) is 0 Å². The van der Waals surface area contributed by atoms with Crippen LogP contribution in [0.1, 0.15) is 13.3 Å². The Morgan fingerprint density at radius 3 is 2.75 bits per heavy atom. The largest absolute Gasteiger partial charge is 0.273 e. The zero-order valence-electron chi connectivity index (χ0n) is 5.17. The van der Waals surface area contributed by atoms with Crippen molar-refractivity contribution in [1.29, 1.82) is 0 Å². The molecule has 0 fully saturated rings. The maximum absolute atomic E-state index is 3.53. The van der Waals surface area contributed by atoms with E-state index in [1.807, 2.05) is 12.2 Å². The van der Waals surface area contributed by atoms with E-state index in [2.05, 4.69) is 24.7 Å². The summed E-state index contributed by atoms with van der Waals surface area (Å²) in [5, 5.41) is 0. The third-order valence-electron chi connectivity index (χ3n) is 0.674. The maximum Gasteiger partial charge on any atom is 0.0260 e. The molecule has 0 heterocycles. The van der Waals surface area contributed by atoms with Crippen LogP contribution in [0.4, 0.5) is 0 Å². The summed E-state index contributed by atoms with van der Waals surface area (Å²) in [7, 11) is 0. The number of hydrogen-bond acceptors (Lipinski definition) is 1. The van der Waals surface area contributed by atoms with Gasteiger partial charge in [0.25, 0.3) is 0 Å². The Hall–Kier alpha value is -0.850. The normalized spacial score (nSPS) is 11.1. The van der Waals surface area contributed by atoms with Gasteiger partial charge in [-0.2, -0.15) is 0 Å². The highest BCUT2D eigenvalue weighted by atomic mass is 14.6. The average Bonchev–Trinajstić information content (AvgIpc) is 1.81. The van der Waals surface area contributed by atoms with Crippen molar-refractivity contribution < 1.29 is 0 Å². The van der Waals surface area contributed by atoms with Crippen molar-refractivity contribution >= 4 is 6.72 Å². The summed E-state index contributed by atoms with van der Waals surface area (Å²) in [6.45, 7) is 5.38. The Morgan fingerprint density at radius 2 is 2.25 bits per heavy atom. The molecule has 8 heavy (non-hydrogen) atoms. The summed E-state index contributed by atoms with van der Waals surface area (Å²) in [5.41, 5.74) is 0. The summed E-state index contributed by atoms with van der Waals surface area (Å²) >= 11 is 0. The zero-order valence-corrected chi connectivity index (χ0v) is 5.17. The van der Waals surface area contributed by atoms with Crippen LogP contribution in [0, 0.1) is 0 Å². The summed E-state index contributed by atoms with van der Waals surface area (Å²) < 4.78 is 0. The van der Waals surface area contributed by atoms with Crippen LogP contribution in [-0.4, -0.2) is 6.72 Å². The molecule has 0 aromatic carbocycles. The highest BCUT2D eigenvalue weighted by Gasteiger charge is 1.59. The van der Waals surface area contributed by atoms with Gasteiger partial charge in [0, 0.05) is 6.20 Å². The molecular weight excluding hydrogens is 98.1 g/mol. The molecule has 0 unspecified atom stereocenters. The van der Waals surface area contributed by atoms with Crippen LogP contribution in [0.15, 0.2) is 29.4 Å². The van der Waals surface area contributed by atoms with Gasteiger partial charge >= 0.3 is 0 Å². The molecule has 0 aliphatic heterocycles. The number of nitrogens with zero attached hydrogens (tertiary/aromatic N) is 1. The van der Waals surface area contributed by atoms with Crippen molar-refractivity contribution in [3.63, 3.8) is 0 Å². The van der Waals surface area contributed by atoms with E-state index in [4.69, 9.17) is 0 Å². The van der Waals surface area contributed by atoms with Gasteiger partial charge in [-0.15, -0.1) is 0 Å². The quantitative estimate of drug-likeness (QED) is 0.389. The molecule has 0 aromatic heterocycles. The van der Waals surface area contributed by atoms with Gasteiger partial charge < -0.3 is 0 Å². The molecule has 44 valence electrons. The van der Waals surface area contributed by atoms with Crippen LogP contribution in [0.5, 0.6) is 0 Å².